The number of aromatic hydroxyl groups is 1. The lowest BCUT2D eigenvalue weighted by Gasteiger charge is -2.33. The van der Waals surface area contributed by atoms with E-state index in [-0.39, 0.29) is 12.1 Å². The van der Waals surface area contributed by atoms with Crippen molar-refractivity contribution in [1.82, 2.24) is 10.2 Å². The molecule has 0 aromatic heterocycles. The van der Waals surface area contributed by atoms with Gasteiger partial charge in [0.05, 0.1) is 6.61 Å². The van der Waals surface area contributed by atoms with Gasteiger partial charge in [-0.2, -0.15) is 0 Å². The van der Waals surface area contributed by atoms with E-state index in [0.717, 1.165) is 42.3 Å². The van der Waals surface area contributed by atoms with Gasteiger partial charge in [-0.3, -0.25) is 4.90 Å². The van der Waals surface area contributed by atoms with Gasteiger partial charge in [0.1, 0.15) is 5.75 Å². The van der Waals surface area contributed by atoms with E-state index in [2.05, 4.69) is 16.3 Å². The van der Waals surface area contributed by atoms with Crippen LogP contribution in [0.25, 0.3) is 10.8 Å². The van der Waals surface area contributed by atoms with E-state index < -0.39 is 0 Å². The van der Waals surface area contributed by atoms with Crippen LogP contribution in [0, 0.1) is 0 Å². The van der Waals surface area contributed by atoms with Crippen LogP contribution in [0.1, 0.15) is 25.3 Å². The first-order valence-corrected chi connectivity index (χ1v) is 8.52. The van der Waals surface area contributed by atoms with Crippen LogP contribution in [0.15, 0.2) is 36.4 Å². The summed E-state index contributed by atoms with van der Waals surface area (Å²) in [6.45, 7) is 4.58. The third kappa shape index (κ3) is 3.79. The summed E-state index contributed by atoms with van der Waals surface area (Å²) >= 11 is 0. The molecule has 0 saturated carbocycles. The first-order valence-electron chi connectivity index (χ1n) is 8.52. The molecule has 3 rings (SSSR count). The van der Waals surface area contributed by atoms with Gasteiger partial charge in [0.15, 0.2) is 0 Å². The highest BCUT2D eigenvalue weighted by Gasteiger charge is 2.23. The number of amides is 1. The van der Waals surface area contributed by atoms with Gasteiger partial charge < -0.3 is 15.2 Å². The summed E-state index contributed by atoms with van der Waals surface area (Å²) in [5.74, 6) is 0.328. The van der Waals surface area contributed by atoms with Crippen LogP contribution < -0.4 is 5.32 Å². The summed E-state index contributed by atoms with van der Waals surface area (Å²) in [5.41, 5.74) is 0.949. The number of piperidine rings is 1. The highest BCUT2D eigenvalue weighted by molar-refractivity contribution is 5.87. The first kappa shape index (κ1) is 16.6. The van der Waals surface area contributed by atoms with Gasteiger partial charge in [0.2, 0.25) is 0 Å². The van der Waals surface area contributed by atoms with Crippen molar-refractivity contribution in [3.8, 4) is 5.75 Å². The molecular formula is C19H24N2O3. The van der Waals surface area contributed by atoms with Crippen molar-refractivity contribution in [2.24, 2.45) is 0 Å². The Labute approximate surface area is 142 Å². The van der Waals surface area contributed by atoms with Crippen molar-refractivity contribution in [2.45, 2.75) is 32.4 Å². The average molecular weight is 328 g/mol. The zero-order valence-corrected chi connectivity index (χ0v) is 14.0. The number of nitrogens with one attached hydrogen (secondary N) is 1. The van der Waals surface area contributed by atoms with E-state index in [9.17, 15) is 9.90 Å². The Morgan fingerprint density at radius 3 is 3.00 bits per heavy atom. The number of ether oxygens (including phenoxy) is 1. The van der Waals surface area contributed by atoms with Crippen molar-refractivity contribution < 1.29 is 14.6 Å². The molecule has 0 unspecified atom stereocenters. The fraction of sp³-hybridized carbons (Fsp3) is 0.421. The number of carbonyl (C=O) groups is 1. The second-order valence-electron chi connectivity index (χ2n) is 6.22. The van der Waals surface area contributed by atoms with E-state index in [1.54, 1.807) is 13.0 Å². The third-order valence-corrected chi connectivity index (χ3v) is 4.50. The molecule has 0 spiro atoms. The molecule has 2 aromatic rings. The average Bonchev–Trinajstić information content (AvgIpc) is 2.58. The summed E-state index contributed by atoms with van der Waals surface area (Å²) in [5, 5.41) is 15.4. The largest absolute Gasteiger partial charge is 0.508 e. The normalized spacial score (nSPS) is 18.5. The lowest BCUT2D eigenvalue weighted by Crippen LogP contribution is -2.47. The number of likely N-dealkylation sites (tertiary alicyclic amines) is 1. The Morgan fingerprint density at radius 2 is 2.17 bits per heavy atom. The second-order valence-corrected chi connectivity index (χ2v) is 6.22. The molecule has 1 fully saturated rings. The van der Waals surface area contributed by atoms with Crippen LogP contribution in [-0.4, -0.2) is 41.8 Å². The number of rotatable bonds is 4. The van der Waals surface area contributed by atoms with E-state index in [1.807, 2.05) is 24.3 Å². The minimum Gasteiger partial charge on any atom is -0.508 e. The molecule has 1 aliphatic heterocycles. The number of carbonyl (C=O) groups excluding carboxylic acids is 1. The fourth-order valence-corrected chi connectivity index (χ4v) is 3.37. The predicted molar refractivity (Wildman–Crippen MR) is 94.1 cm³/mol. The highest BCUT2D eigenvalue weighted by atomic mass is 16.5. The van der Waals surface area contributed by atoms with Crippen molar-refractivity contribution in [3.63, 3.8) is 0 Å². The standard InChI is InChI=1S/C19H24N2O3/c1-2-24-19(23)20-15-7-5-11-21(12-15)13-17-16-8-4-3-6-14(16)9-10-18(17)22/h3-4,6,8-10,15,22H,2,5,7,11-13H2,1H3,(H,20,23)/t15-/m0/s1. The van der Waals surface area contributed by atoms with Crippen molar-refractivity contribution in [1.29, 1.82) is 0 Å². The molecule has 5 nitrogen and oxygen atoms in total. The summed E-state index contributed by atoms with van der Waals surface area (Å²) < 4.78 is 4.97. The van der Waals surface area contributed by atoms with Gasteiger partial charge in [-0.25, -0.2) is 4.79 Å². The smallest absolute Gasteiger partial charge is 0.407 e. The number of fused-ring (bicyclic) bond motifs is 1. The molecule has 1 atom stereocenters. The zero-order valence-electron chi connectivity index (χ0n) is 14.0. The molecule has 1 aliphatic rings. The summed E-state index contributed by atoms with van der Waals surface area (Å²) in [7, 11) is 0. The number of phenolic OH excluding ortho intramolecular Hbond substituents is 1. The van der Waals surface area contributed by atoms with Crippen LogP contribution >= 0.6 is 0 Å². The van der Waals surface area contributed by atoms with Gasteiger partial charge >= 0.3 is 6.09 Å². The quantitative estimate of drug-likeness (QED) is 0.904. The topological polar surface area (TPSA) is 61.8 Å². The molecule has 2 aromatic carbocycles. The minimum absolute atomic E-state index is 0.0925. The monoisotopic (exact) mass is 328 g/mol. The van der Waals surface area contributed by atoms with Crippen LogP contribution in [0.4, 0.5) is 4.79 Å². The molecule has 1 amide bonds. The van der Waals surface area contributed by atoms with E-state index in [0.29, 0.717) is 18.9 Å². The molecule has 2 N–H and O–H groups in total. The maximum atomic E-state index is 11.6. The van der Waals surface area contributed by atoms with E-state index >= 15 is 0 Å². The Hall–Kier alpha value is -2.27. The number of alkyl carbamates (subject to hydrolysis) is 1. The fourth-order valence-electron chi connectivity index (χ4n) is 3.37. The number of benzene rings is 2. The minimum atomic E-state index is -0.350. The molecule has 1 saturated heterocycles. The number of nitrogens with zero attached hydrogens (tertiary/aromatic N) is 1. The van der Waals surface area contributed by atoms with Crippen molar-refractivity contribution >= 4 is 16.9 Å². The molecule has 0 bridgehead atoms. The van der Waals surface area contributed by atoms with Gasteiger partial charge in [-0.05, 0) is 43.1 Å². The predicted octanol–water partition coefficient (Wildman–Crippen LogP) is 3.26. The van der Waals surface area contributed by atoms with Gasteiger partial charge in [0.25, 0.3) is 0 Å². The Bertz CT molecular complexity index is 717. The summed E-state index contributed by atoms with van der Waals surface area (Å²) in [4.78, 5) is 13.9. The van der Waals surface area contributed by atoms with Gasteiger partial charge in [0, 0.05) is 24.7 Å². The lowest BCUT2D eigenvalue weighted by molar-refractivity contribution is 0.132. The SMILES string of the molecule is CCOC(=O)N[C@H]1CCCN(Cc2c(O)ccc3ccccc23)C1. The van der Waals surface area contributed by atoms with Crippen molar-refractivity contribution in [3.05, 3.63) is 42.0 Å². The maximum absolute atomic E-state index is 11.6. The Morgan fingerprint density at radius 1 is 1.33 bits per heavy atom. The molecule has 128 valence electrons. The number of phenols is 1. The second kappa shape index (κ2) is 7.53. The van der Waals surface area contributed by atoms with Crippen molar-refractivity contribution in [2.75, 3.05) is 19.7 Å². The molecule has 24 heavy (non-hydrogen) atoms. The van der Waals surface area contributed by atoms with Gasteiger partial charge in [-0.1, -0.05) is 30.3 Å². The third-order valence-electron chi connectivity index (χ3n) is 4.50. The number of hydrogen-bond donors (Lipinski definition) is 2. The first-order chi connectivity index (χ1) is 11.7. The number of hydrogen-bond acceptors (Lipinski definition) is 4. The summed E-state index contributed by atoms with van der Waals surface area (Å²) in [6, 6.07) is 11.9. The van der Waals surface area contributed by atoms with Crippen LogP contribution in [-0.2, 0) is 11.3 Å². The highest BCUT2D eigenvalue weighted by Crippen LogP contribution is 2.29. The van der Waals surface area contributed by atoms with E-state index in [4.69, 9.17) is 4.74 Å². The maximum Gasteiger partial charge on any atom is 0.407 e. The van der Waals surface area contributed by atoms with Crippen LogP contribution in [0.2, 0.25) is 0 Å². The molecule has 1 heterocycles. The molecule has 0 radical (unpaired) electrons. The van der Waals surface area contributed by atoms with Crippen LogP contribution in [0.3, 0.4) is 0 Å². The summed E-state index contributed by atoms with van der Waals surface area (Å²) in [6.07, 6.45) is 1.62. The Kier molecular flexibility index (Phi) is 5.20. The molecule has 0 aliphatic carbocycles. The zero-order chi connectivity index (χ0) is 16.9. The molecule has 5 heteroatoms. The lowest BCUT2D eigenvalue weighted by atomic mass is 10.0. The van der Waals surface area contributed by atoms with Gasteiger partial charge in [-0.15, -0.1) is 0 Å². The van der Waals surface area contributed by atoms with Crippen LogP contribution in [0.5, 0.6) is 5.75 Å². The Balaban J connectivity index is 1.72. The van der Waals surface area contributed by atoms with E-state index in [1.165, 1.54) is 0 Å². The molecular weight excluding hydrogens is 304 g/mol.